The Hall–Kier alpha value is -0.158. The number of halogens is 1. The van der Waals surface area contributed by atoms with Gasteiger partial charge >= 0.3 is 0 Å². The van der Waals surface area contributed by atoms with E-state index in [4.69, 9.17) is 16.7 Å². The van der Waals surface area contributed by atoms with Gasteiger partial charge in [0.05, 0.1) is 5.02 Å². The van der Waals surface area contributed by atoms with Crippen LogP contribution < -0.4 is 0 Å². The van der Waals surface area contributed by atoms with Gasteiger partial charge in [-0.15, -0.1) is 0 Å². The maximum absolute atomic E-state index is 8.79. The van der Waals surface area contributed by atoms with Crippen molar-refractivity contribution < 1.29 is 5.11 Å². The van der Waals surface area contributed by atoms with E-state index in [9.17, 15) is 0 Å². The van der Waals surface area contributed by atoms with Crippen LogP contribution in [0.3, 0.4) is 0 Å². The molecule has 0 radical (unpaired) electrons. The van der Waals surface area contributed by atoms with Gasteiger partial charge in [-0.2, -0.15) is 0 Å². The van der Waals surface area contributed by atoms with Crippen LogP contribution in [0.25, 0.3) is 0 Å². The predicted molar refractivity (Wildman–Crippen MR) is 43.1 cm³/mol. The summed E-state index contributed by atoms with van der Waals surface area (Å²) >= 11 is 5.46. The Balaban J connectivity index is 0.000000640. The van der Waals surface area contributed by atoms with Crippen LogP contribution in [0.5, 0.6) is 5.75 Å². The summed E-state index contributed by atoms with van der Waals surface area (Å²) in [5.74, 6) is 0.133. The van der Waals surface area contributed by atoms with Gasteiger partial charge in [0.15, 0.2) is 17.4 Å². The van der Waals surface area contributed by atoms with Crippen molar-refractivity contribution in [2.24, 2.45) is 0 Å². The van der Waals surface area contributed by atoms with Crippen molar-refractivity contribution in [2.45, 2.75) is 0 Å². The SMILES string of the molecule is Oc1ccccc1Cl.[AlH3]. The Kier molecular flexibility index (Phi) is 3.72. The molecular formula is C6H8AlClO. The first-order valence-electron chi connectivity index (χ1n) is 2.24. The summed E-state index contributed by atoms with van der Waals surface area (Å²) in [6.07, 6.45) is 0. The van der Waals surface area contributed by atoms with Gasteiger partial charge in [-0.3, -0.25) is 0 Å². The topological polar surface area (TPSA) is 20.2 Å². The number of hydrogen-bond acceptors (Lipinski definition) is 1. The molecule has 9 heavy (non-hydrogen) atoms. The minimum absolute atomic E-state index is 0. The van der Waals surface area contributed by atoms with Crippen molar-refractivity contribution in [1.29, 1.82) is 0 Å². The Morgan fingerprint density at radius 3 is 2.11 bits per heavy atom. The maximum atomic E-state index is 8.79. The van der Waals surface area contributed by atoms with E-state index in [0.717, 1.165) is 0 Å². The molecule has 0 saturated heterocycles. The summed E-state index contributed by atoms with van der Waals surface area (Å²) in [6, 6.07) is 6.67. The molecule has 0 saturated carbocycles. The molecule has 1 aromatic carbocycles. The van der Waals surface area contributed by atoms with Crippen molar-refractivity contribution in [3.8, 4) is 5.75 Å². The van der Waals surface area contributed by atoms with Crippen molar-refractivity contribution in [1.82, 2.24) is 0 Å². The Morgan fingerprint density at radius 2 is 1.78 bits per heavy atom. The summed E-state index contributed by atoms with van der Waals surface area (Å²) in [7, 11) is 0. The van der Waals surface area contributed by atoms with Crippen molar-refractivity contribution in [3.63, 3.8) is 0 Å². The third kappa shape index (κ3) is 2.28. The van der Waals surface area contributed by atoms with Gasteiger partial charge in [-0.25, -0.2) is 0 Å². The number of aromatic hydroxyl groups is 1. The Morgan fingerprint density at radius 1 is 1.22 bits per heavy atom. The van der Waals surface area contributed by atoms with E-state index in [2.05, 4.69) is 0 Å². The fraction of sp³-hybridized carbons (Fsp3) is 0. The van der Waals surface area contributed by atoms with Crippen LogP contribution in [0, 0.1) is 0 Å². The number of phenolic OH excluding ortho intramolecular Hbond substituents is 1. The molecule has 0 aliphatic carbocycles. The number of benzene rings is 1. The highest BCUT2D eigenvalue weighted by atomic mass is 35.5. The third-order valence-corrected chi connectivity index (χ3v) is 1.17. The molecule has 0 aromatic heterocycles. The lowest BCUT2D eigenvalue weighted by Gasteiger charge is -1.89. The molecule has 0 spiro atoms. The fourth-order valence-corrected chi connectivity index (χ4v) is 0.587. The first kappa shape index (κ1) is 8.84. The zero-order chi connectivity index (χ0) is 5.98. The second-order valence-electron chi connectivity index (χ2n) is 1.45. The molecule has 48 valence electrons. The highest BCUT2D eigenvalue weighted by Crippen LogP contribution is 2.20. The Labute approximate surface area is 69.4 Å². The van der Waals surface area contributed by atoms with Gasteiger partial charge in [0.2, 0.25) is 0 Å². The molecule has 0 unspecified atom stereocenters. The van der Waals surface area contributed by atoms with Crippen LogP contribution in [0.2, 0.25) is 5.02 Å². The molecule has 0 atom stereocenters. The van der Waals surface area contributed by atoms with Crippen LogP contribution in [0.1, 0.15) is 0 Å². The second kappa shape index (κ2) is 3.79. The number of hydrogen-bond donors (Lipinski definition) is 1. The molecule has 3 heteroatoms. The number of rotatable bonds is 0. The molecular weight excluding hydrogens is 150 g/mol. The molecule has 1 aromatic rings. The van der Waals surface area contributed by atoms with Crippen LogP contribution >= 0.6 is 11.6 Å². The van der Waals surface area contributed by atoms with E-state index in [1.807, 2.05) is 0 Å². The summed E-state index contributed by atoms with van der Waals surface area (Å²) in [5.41, 5.74) is 0. The predicted octanol–water partition coefficient (Wildman–Crippen LogP) is 0.862. The van der Waals surface area contributed by atoms with Crippen LogP contribution in [-0.2, 0) is 0 Å². The highest BCUT2D eigenvalue weighted by Gasteiger charge is 1.89. The zero-order valence-corrected chi connectivity index (χ0v) is 4.89. The van der Waals surface area contributed by atoms with E-state index in [1.165, 1.54) is 0 Å². The Bertz CT molecular complexity index is 169. The normalized spacial score (nSPS) is 8.11. The third-order valence-electron chi connectivity index (χ3n) is 0.852. The van der Waals surface area contributed by atoms with Gasteiger partial charge < -0.3 is 5.11 Å². The summed E-state index contributed by atoms with van der Waals surface area (Å²) in [5, 5.41) is 9.18. The highest BCUT2D eigenvalue weighted by molar-refractivity contribution is 6.31. The van der Waals surface area contributed by atoms with E-state index >= 15 is 0 Å². The number of para-hydroxylation sites is 1. The lowest BCUT2D eigenvalue weighted by atomic mass is 10.3. The smallest absolute Gasteiger partial charge is 0.187 e. The lowest BCUT2D eigenvalue weighted by Crippen LogP contribution is -1.62. The minimum atomic E-state index is 0. The molecule has 1 rings (SSSR count). The van der Waals surface area contributed by atoms with Gasteiger partial charge in [0.1, 0.15) is 5.75 Å². The summed E-state index contributed by atoms with van der Waals surface area (Å²) in [4.78, 5) is 0. The standard InChI is InChI=1S/C6H5ClO.Al.3H/c7-5-3-1-2-4-6(5)8;;;;/h1-4,8H;;;;. The van der Waals surface area contributed by atoms with E-state index in [0.29, 0.717) is 5.02 Å². The molecule has 0 heterocycles. The van der Waals surface area contributed by atoms with Crippen molar-refractivity contribution >= 4 is 29.0 Å². The molecule has 0 aliphatic heterocycles. The quantitative estimate of drug-likeness (QED) is 0.556. The molecule has 0 amide bonds. The van der Waals surface area contributed by atoms with Crippen LogP contribution in [-0.4, -0.2) is 22.5 Å². The average molecular weight is 159 g/mol. The van der Waals surface area contributed by atoms with E-state index < -0.39 is 0 Å². The van der Waals surface area contributed by atoms with Gasteiger partial charge in [-0.05, 0) is 12.1 Å². The molecule has 0 aliphatic rings. The van der Waals surface area contributed by atoms with Crippen molar-refractivity contribution in [3.05, 3.63) is 29.3 Å². The average Bonchev–Trinajstić information content (AvgIpc) is 1.77. The monoisotopic (exact) mass is 158 g/mol. The lowest BCUT2D eigenvalue weighted by molar-refractivity contribution is 0.475. The maximum Gasteiger partial charge on any atom is 0.187 e. The first-order chi connectivity index (χ1) is 3.80. The molecule has 1 nitrogen and oxygen atoms in total. The fourth-order valence-electron chi connectivity index (χ4n) is 0.452. The second-order valence-corrected chi connectivity index (χ2v) is 1.86. The van der Waals surface area contributed by atoms with Gasteiger partial charge in [-0.1, -0.05) is 23.7 Å². The van der Waals surface area contributed by atoms with Gasteiger partial charge in [0.25, 0.3) is 0 Å². The number of phenols is 1. The zero-order valence-electron chi connectivity index (χ0n) is 4.13. The van der Waals surface area contributed by atoms with Crippen molar-refractivity contribution in [2.75, 3.05) is 0 Å². The summed E-state index contributed by atoms with van der Waals surface area (Å²) in [6.45, 7) is 0. The van der Waals surface area contributed by atoms with Gasteiger partial charge in [0, 0.05) is 0 Å². The molecule has 0 bridgehead atoms. The summed E-state index contributed by atoms with van der Waals surface area (Å²) < 4.78 is 0. The van der Waals surface area contributed by atoms with E-state index in [-0.39, 0.29) is 23.1 Å². The van der Waals surface area contributed by atoms with E-state index in [1.54, 1.807) is 24.3 Å². The first-order valence-corrected chi connectivity index (χ1v) is 2.62. The van der Waals surface area contributed by atoms with Crippen LogP contribution in [0.15, 0.2) is 24.3 Å². The molecule has 0 fully saturated rings. The molecule has 1 N–H and O–H groups in total. The largest absolute Gasteiger partial charge is 0.506 e. The minimum Gasteiger partial charge on any atom is -0.506 e. The van der Waals surface area contributed by atoms with Crippen LogP contribution in [0.4, 0.5) is 0 Å².